The van der Waals surface area contributed by atoms with Gasteiger partial charge in [-0.25, -0.2) is 0 Å². The summed E-state index contributed by atoms with van der Waals surface area (Å²) in [6.07, 6.45) is 0. The van der Waals surface area contributed by atoms with Crippen LogP contribution < -0.4 is 0 Å². The Balaban J connectivity index is 2.43. The molecule has 0 saturated heterocycles. The lowest BCUT2D eigenvalue weighted by molar-refractivity contribution is 1.56. The van der Waals surface area contributed by atoms with Crippen molar-refractivity contribution in [2.75, 3.05) is 0 Å². The van der Waals surface area contributed by atoms with Gasteiger partial charge in [-0.1, -0.05) is 65.9 Å². The summed E-state index contributed by atoms with van der Waals surface area (Å²) in [7, 11) is 1.07. The first-order valence-corrected chi connectivity index (χ1v) is 6.57. The molecule has 0 radical (unpaired) electrons. The molecular formula is C15H16Si. The van der Waals surface area contributed by atoms with Gasteiger partial charge in [0, 0.05) is 10.2 Å². The molecule has 0 nitrogen and oxygen atoms in total. The average molecular weight is 224 g/mol. The molecule has 0 heterocycles. The molecule has 0 amide bonds. The molecule has 2 aromatic rings. The average Bonchev–Trinajstić information content (AvgIpc) is 2.39. The predicted molar refractivity (Wildman–Crippen MR) is 75.3 cm³/mol. The quantitative estimate of drug-likeness (QED) is 0.543. The second-order valence-electron chi connectivity index (χ2n) is 3.98. The van der Waals surface area contributed by atoms with Gasteiger partial charge in [0.25, 0.3) is 0 Å². The van der Waals surface area contributed by atoms with Gasteiger partial charge in [-0.15, -0.1) is 0 Å². The highest BCUT2D eigenvalue weighted by atomic mass is 28.1. The summed E-state index contributed by atoms with van der Waals surface area (Å²) in [6.45, 7) is 2.21. The number of rotatable bonds is 2. The molecular weight excluding hydrogens is 208 g/mol. The van der Waals surface area contributed by atoms with Crippen LogP contribution in [0.1, 0.15) is 18.1 Å². The van der Waals surface area contributed by atoms with E-state index in [1.54, 1.807) is 0 Å². The molecule has 0 atom stereocenters. The van der Waals surface area contributed by atoms with Gasteiger partial charge in [0.2, 0.25) is 0 Å². The van der Waals surface area contributed by atoms with Crippen molar-refractivity contribution in [2.24, 2.45) is 0 Å². The number of allylic oxidation sites excluding steroid dienone is 1. The van der Waals surface area contributed by atoms with Crippen LogP contribution >= 0.6 is 0 Å². The third-order valence-corrected chi connectivity index (χ3v) is 4.30. The lowest BCUT2D eigenvalue weighted by Gasteiger charge is -2.08. The monoisotopic (exact) mass is 224 g/mol. The molecule has 2 aromatic carbocycles. The molecule has 0 saturated carbocycles. The van der Waals surface area contributed by atoms with Gasteiger partial charge in [-0.05, 0) is 23.6 Å². The zero-order valence-corrected chi connectivity index (χ0v) is 11.8. The third kappa shape index (κ3) is 2.31. The minimum Gasteiger partial charge on any atom is -0.0622 e. The van der Waals surface area contributed by atoms with Crippen molar-refractivity contribution in [1.82, 2.24) is 0 Å². The second-order valence-corrected chi connectivity index (χ2v) is 4.98. The van der Waals surface area contributed by atoms with E-state index in [2.05, 4.69) is 67.6 Å². The first kappa shape index (κ1) is 10.9. The molecule has 0 aromatic heterocycles. The summed E-state index contributed by atoms with van der Waals surface area (Å²) in [5.41, 5.74) is 4.09. The predicted octanol–water partition coefficient (Wildman–Crippen LogP) is 2.94. The van der Waals surface area contributed by atoms with Gasteiger partial charge >= 0.3 is 0 Å². The molecule has 16 heavy (non-hydrogen) atoms. The fraction of sp³-hybridized carbons (Fsp3) is 0.0667. The Morgan fingerprint density at radius 1 is 0.750 bits per heavy atom. The SMILES string of the molecule is CC(=C([SiH3])c1ccccc1)c1ccccc1. The van der Waals surface area contributed by atoms with E-state index in [0.717, 1.165) is 10.2 Å². The minimum atomic E-state index is 1.07. The van der Waals surface area contributed by atoms with E-state index in [1.807, 2.05) is 0 Å². The normalized spacial score (nSPS) is 12.3. The summed E-state index contributed by atoms with van der Waals surface area (Å²) in [5, 5.41) is 1.48. The van der Waals surface area contributed by atoms with Gasteiger partial charge < -0.3 is 0 Å². The van der Waals surface area contributed by atoms with Crippen molar-refractivity contribution < 1.29 is 0 Å². The summed E-state index contributed by atoms with van der Waals surface area (Å²) >= 11 is 0. The Morgan fingerprint density at radius 3 is 1.69 bits per heavy atom. The standard InChI is InChI=1S/C15H16Si/c1-12(13-8-4-2-5-9-13)15(16)14-10-6-3-7-11-14/h2-11H,1,16H3. The van der Waals surface area contributed by atoms with Crippen molar-refractivity contribution >= 4 is 21.0 Å². The van der Waals surface area contributed by atoms with Gasteiger partial charge in [0.15, 0.2) is 0 Å². The molecule has 1 heteroatoms. The molecule has 0 N–H and O–H groups in total. The van der Waals surface area contributed by atoms with Crippen LogP contribution in [-0.2, 0) is 0 Å². The van der Waals surface area contributed by atoms with Gasteiger partial charge in [-0.3, -0.25) is 0 Å². The largest absolute Gasteiger partial charge is 0.0622 e. The van der Waals surface area contributed by atoms with E-state index >= 15 is 0 Å². The van der Waals surface area contributed by atoms with Crippen molar-refractivity contribution in [2.45, 2.75) is 6.92 Å². The van der Waals surface area contributed by atoms with Crippen LogP contribution in [0.15, 0.2) is 60.7 Å². The second kappa shape index (κ2) is 4.95. The zero-order valence-electron chi connectivity index (χ0n) is 9.77. The van der Waals surface area contributed by atoms with E-state index in [4.69, 9.17) is 0 Å². The van der Waals surface area contributed by atoms with Crippen molar-refractivity contribution in [1.29, 1.82) is 0 Å². The smallest absolute Gasteiger partial charge is 0.0396 e. The number of hydrogen-bond acceptors (Lipinski definition) is 0. The fourth-order valence-corrected chi connectivity index (χ4v) is 2.43. The van der Waals surface area contributed by atoms with Crippen LogP contribution in [0.3, 0.4) is 0 Å². The summed E-state index contributed by atoms with van der Waals surface area (Å²) in [6, 6.07) is 21.3. The van der Waals surface area contributed by atoms with Crippen LogP contribution in [0, 0.1) is 0 Å². The molecule has 0 aliphatic rings. The third-order valence-electron chi connectivity index (χ3n) is 2.98. The van der Waals surface area contributed by atoms with Gasteiger partial charge in [0.05, 0.1) is 0 Å². The van der Waals surface area contributed by atoms with Gasteiger partial charge in [0.1, 0.15) is 0 Å². The fourth-order valence-electron chi connectivity index (χ4n) is 1.81. The van der Waals surface area contributed by atoms with E-state index < -0.39 is 0 Å². The lowest BCUT2D eigenvalue weighted by Crippen LogP contribution is -1.88. The van der Waals surface area contributed by atoms with Crippen LogP contribution in [0.4, 0.5) is 0 Å². The summed E-state index contributed by atoms with van der Waals surface area (Å²) < 4.78 is 0. The Kier molecular flexibility index (Phi) is 3.37. The van der Waals surface area contributed by atoms with Crippen molar-refractivity contribution in [3.8, 4) is 0 Å². The number of benzene rings is 2. The Morgan fingerprint density at radius 2 is 1.19 bits per heavy atom. The highest BCUT2D eigenvalue weighted by molar-refractivity contribution is 6.46. The summed E-state index contributed by atoms with van der Waals surface area (Å²) in [5.74, 6) is 0. The van der Waals surface area contributed by atoms with Crippen LogP contribution in [0.25, 0.3) is 10.8 Å². The Hall–Kier alpha value is -1.60. The first-order valence-electron chi connectivity index (χ1n) is 5.57. The molecule has 0 unspecified atom stereocenters. The number of hydrogen-bond donors (Lipinski definition) is 0. The minimum absolute atomic E-state index is 1.07. The van der Waals surface area contributed by atoms with Gasteiger partial charge in [-0.2, -0.15) is 0 Å². The van der Waals surface area contributed by atoms with Crippen LogP contribution in [0.2, 0.25) is 0 Å². The van der Waals surface area contributed by atoms with E-state index in [1.165, 1.54) is 21.9 Å². The molecule has 0 bridgehead atoms. The molecule has 0 fully saturated rings. The molecule has 0 spiro atoms. The topological polar surface area (TPSA) is 0 Å². The van der Waals surface area contributed by atoms with Crippen LogP contribution in [0.5, 0.6) is 0 Å². The highest BCUT2D eigenvalue weighted by Gasteiger charge is 2.01. The molecule has 0 aliphatic carbocycles. The van der Waals surface area contributed by atoms with Crippen molar-refractivity contribution in [3.05, 3.63) is 71.8 Å². The maximum atomic E-state index is 2.21. The Bertz CT molecular complexity index is 436. The molecule has 2 rings (SSSR count). The lowest BCUT2D eigenvalue weighted by atomic mass is 10.0. The maximum Gasteiger partial charge on any atom is 0.0396 e. The molecule has 80 valence electrons. The zero-order chi connectivity index (χ0) is 11.4. The van der Waals surface area contributed by atoms with Crippen LogP contribution in [-0.4, -0.2) is 10.2 Å². The van der Waals surface area contributed by atoms with E-state index in [-0.39, 0.29) is 0 Å². The van der Waals surface area contributed by atoms with Crippen molar-refractivity contribution in [3.63, 3.8) is 0 Å². The first-order chi connectivity index (χ1) is 7.79. The molecule has 0 aliphatic heterocycles. The maximum absolute atomic E-state index is 2.21. The van der Waals surface area contributed by atoms with E-state index in [0.29, 0.717) is 0 Å². The van der Waals surface area contributed by atoms with E-state index in [9.17, 15) is 0 Å². The highest BCUT2D eigenvalue weighted by Crippen LogP contribution is 2.22. The Labute approximate surface area is 100 Å². The summed E-state index contributed by atoms with van der Waals surface area (Å²) in [4.78, 5) is 0.